The van der Waals surface area contributed by atoms with E-state index in [0.717, 1.165) is 65.2 Å². The molecule has 0 radical (unpaired) electrons. The number of hydrogen-bond donors (Lipinski definition) is 3. The van der Waals surface area contributed by atoms with Crippen LogP contribution in [0.15, 0.2) is 42.4 Å². The maximum atomic E-state index is 13.2. The molecule has 1 unspecified atom stereocenters. The van der Waals surface area contributed by atoms with Crippen molar-refractivity contribution in [2.75, 3.05) is 29.9 Å². The first kappa shape index (κ1) is 22.2. The van der Waals surface area contributed by atoms with Gasteiger partial charge in [0, 0.05) is 49.6 Å². The second-order valence-electron chi connectivity index (χ2n) is 9.09. The summed E-state index contributed by atoms with van der Waals surface area (Å²) in [5, 5.41) is 21.3. The van der Waals surface area contributed by atoms with Gasteiger partial charge in [0.05, 0.1) is 22.6 Å². The Bertz CT molecular complexity index is 1260. The van der Waals surface area contributed by atoms with Crippen LogP contribution in [0.4, 0.5) is 11.4 Å². The summed E-state index contributed by atoms with van der Waals surface area (Å²) in [7, 11) is 1.93. The summed E-state index contributed by atoms with van der Waals surface area (Å²) >= 11 is 0. The molecule has 2 aliphatic heterocycles. The standard InChI is InChI=1S/C25H30N6O3/c1-15-10-18(4-7-26-15)25-28-21(14-34-25)24(33)27-20-11-19-16(2)29-30(3)22(19)12-23(20)31-8-5-17(13-32)6-9-31/h4,7,10-12,14,17,25,28,32H,5-6,8-9,13H2,1-3H3,(H,27,33). The first-order valence-corrected chi connectivity index (χ1v) is 11.6. The molecule has 178 valence electrons. The summed E-state index contributed by atoms with van der Waals surface area (Å²) in [4.78, 5) is 19.7. The fourth-order valence-electron chi connectivity index (χ4n) is 4.73. The summed E-state index contributed by atoms with van der Waals surface area (Å²) in [6, 6.07) is 7.90. The molecule has 1 saturated heterocycles. The molecule has 2 aliphatic rings. The average Bonchev–Trinajstić information content (AvgIpc) is 3.44. The van der Waals surface area contributed by atoms with E-state index in [-0.39, 0.29) is 12.5 Å². The summed E-state index contributed by atoms with van der Waals surface area (Å²) in [6.07, 6.45) is 4.60. The van der Waals surface area contributed by atoms with Crippen LogP contribution in [0.3, 0.4) is 0 Å². The number of aryl methyl sites for hydroxylation is 3. The Balaban J connectivity index is 1.40. The van der Waals surface area contributed by atoms with Crippen LogP contribution in [0.1, 0.15) is 36.0 Å². The number of rotatable bonds is 5. The van der Waals surface area contributed by atoms with Crippen molar-refractivity contribution in [3.63, 3.8) is 0 Å². The van der Waals surface area contributed by atoms with Crippen LogP contribution < -0.4 is 15.5 Å². The summed E-state index contributed by atoms with van der Waals surface area (Å²) in [5.41, 5.74) is 5.79. The van der Waals surface area contributed by atoms with Crippen LogP contribution in [0.25, 0.3) is 10.9 Å². The number of benzene rings is 1. The zero-order chi connectivity index (χ0) is 23.8. The lowest BCUT2D eigenvalue weighted by Gasteiger charge is -2.34. The molecule has 9 nitrogen and oxygen atoms in total. The minimum atomic E-state index is -0.428. The van der Waals surface area contributed by atoms with Gasteiger partial charge in [-0.2, -0.15) is 5.10 Å². The largest absolute Gasteiger partial charge is 0.472 e. The molecule has 0 saturated carbocycles. The lowest BCUT2D eigenvalue weighted by Crippen LogP contribution is -2.35. The highest BCUT2D eigenvalue weighted by atomic mass is 16.5. The normalized spacial score (nSPS) is 18.5. The predicted molar refractivity (Wildman–Crippen MR) is 130 cm³/mol. The zero-order valence-corrected chi connectivity index (χ0v) is 19.7. The molecule has 1 atom stereocenters. The van der Waals surface area contributed by atoms with Gasteiger partial charge in [0.25, 0.3) is 5.91 Å². The average molecular weight is 463 g/mol. The SMILES string of the molecule is Cc1cc(C2NC(C(=O)Nc3cc4c(C)nn(C)c4cc3N3CCC(CO)CC3)=CO2)ccn1. The van der Waals surface area contributed by atoms with Gasteiger partial charge in [-0.1, -0.05) is 0 Å². The Kier molecular flexibility index (Phi) is 5.87. The number of piperidine rings is 1. The highest BCUT2D eigenvalue weighted by Gasteiger charge is 2.27. The van der Waals surface area contributed by atoms with E-state index in [9.17, 15) is 9.90 Å². The topological polar surface area (TPSA) is 105 Å². The van der Waals surface area contributed by atoms with E-state index in [4.69, 9.17) is 4.74 Å². The van der Waals surface area contributed by atoms with Crippen LogP contribution in [-0.4, -0.2) is 45.5 Å². The Morgan fingerprint density at radius 1 is 1.26 bits per heavy atom. The molecule has 3 N–H and O–H groups in total. The van der Waals surface area contributed by atoms with E-state index >= 15 is 0 Å². The summed E-state index contributed by atoms with van der Waals surface area (Å²) in [6.45, 7) is 5.75. The smallest absolute Gasteiger partial charge is 0.275 e. The van der Waals surface area contributed by atoms with Gasteiger partial charge in [0.2, 0.25) is 0 Å². The lowest BCUT2D eigenvalue weighted by atomic mass is 9.97. The number of amides is 1. The number of anilines is 2. The molecule has 2 aromatic heterocycles. The third-order valence-electron chi connectivity index (χ3n) is 6.69. The third kappa shape index (κ3) is 4.19. The minimum absolute atomic E-state index is 0.218. The van der Waals surface area contributed by atoms with Crippen molar-refractivity contribution < 1.29 is 14.6 Å². The van der Waals surface area contributed by atoms with Crippen molar-refractivity contribution in [2.45, 2.75) is 32.9 Å². The predicted octanol–water partition coefficient (Wildman–Crippen LogP) is 2.89. The van der Waals surface area contributed by atoms with Gasteiger partial charge in [-0.15, -0.1) is 0 Å². The molecule has 1 amide bonds. The van der Waals surface area contributed by atoms with Gasteiger partial charge in [0.15, 0.2) is 6.23 Å². The number of fused-ring (bicyclic) bond motifs is 1. The van der Waals surface area contributed by atoms with Crippen molar-refractivity contribution in [3.05, 3.63) is 59.4 Å². The van der Waals surface area contributed by atoms with E-state index in [1.807, 2.05) is 43.8 Å². The van der Waals surface area contributed by atoms with Crippen molar-refractivity contribution in [1.29, 1.82) is 0 Å². The van der Waals surface area contributed by atoms with Crippen LogP contribution in [-0.2, 0) is 16.6 Å². The van der Waals surface area contributed by atoms with Crippen molar-refractivity contribution in [2.24, 2.45) is 13.0 Å². The number of carbonyl (C=O) groups excluding carboxylic acids is 1. The van der Waals surface area contributed by atoms with Crippen LogP contribution >= 0.6 is 0 Å². The van der Waals surface area contributed by atoms with E-state index in [0.29, 0.717) is 11.6 Å². The minimum Gasteiger partial charge on any atom is -0.472 e. The Labute approximate surface area is 198 Å². The maximum absolute atomic E-state index is 13.2. The van der Waals surface area contributed by atoms with Gasteiger partial charge in [-0.05, 0) is 56.9 Å². The van der Waals surface area contributed by atoms with Gasteiger partial charge in [0.1, 0.15) is 12.0 Å². The van der Waals surface area contributed by atoms with Gasteiger partial charge < -0.3 is 25.4 Å². The van der Waals surface area contributed by atoms with Crippen LogP contribution in [0, 0.1) is 19.8 Å². The second-order valence-corrected chi connectivity index (χ2v) is 9.09. The van der Waals surface area contributed by atoms with E-state index in [1.165, 1.54) is 6.26 Å². The first-order valence-electron chi connectivity index (χ1n) is 11.6. The Hall–Kier alpha value is -3.59. The molecule has 3 aromatic rings. The van der Waals surface area contributed by atoms with Gasteiger partial charge in [-0.3, -0.25) is 14.5 Å². The fraction of sp³-hybridized carbons (Fsp3) is 0.400. The summed E-state index contributed by atoms with van der Waals surface area (Å²) in [5.74, 6) is 0.0661. The van der Waals surface area contributed by atoms with Gasteiger partial charge in [-0.25, -0.2) is 0 Å². The molecule has 1 aromatic carbocycles. The monoisotopic (exact) mass is 462 g/mol. The van der Waals surface area contributed by atoms with Crippen LogP contribution in [0.5, 0.6) is 0 Å². The van der Waals surface area contributed by atoms with Crippen molar-refractivity contribution in [3.8, 4) is 0 Å². The number of aliphatic hydroxyl groups is 1. The van der Waals surface area contributed by atoms with E-state index < -0.39 is 6.23 Å². The number of ether oxygens (including phenoxy) is 1. The number of carbonyl (C=O) groups is 1. The molecule has 5 rings (SSSR count). The number of aliphatic hydroxyl groups excluding tert-OH is 1. The lowest BCUT2D eigenvalue weighted by molar-refractivity contribution is -0.113. The van der Waals surface area contributed by atoms with Crippen molar-refractivity contribution >= 4 is 28.2 Å². The van der Waals surface area contributed by atoms with Crippen LogP contribution in [0.2, 0.25) is 0 Å². The highest BCUT2D eigenvalue weighted by molar-refractivity contribution is 6.07. The summed E-state index contributed by atoms with van der Waals surface area (Å²) < 4.78 is 7.59. The maximum Gasteiger partial charge on any atom is 0.275 e. The Morgan fingerprint density at radius 3 is 2.79 bits per heavy atom. The molecular formula is C25H30N6O3. The quantitative estimate of drug-likeness (QED) is 0.536. The third-order valence-corrected chi connectivity index (χ3v) is 6.69. The number of pyridine rings is 1. The van der Waals surface area contributed by atoms with E-state index in [2.05, 4.69) is 31.7 Å². The van der Waals surface area contributed by atoms with Crippen molar-refractivity contribution in [1.82, 2.24) is 20.1 Å². The number of nitrogens with zero attached hydrogens (tertiary/aromatic N) is 4. The Morgan fingerprint density at radius 2 is 2.06 bits per heavy atom. The molecule has 0 spiro atoms. The zero-order valence-electron chi connectivity index (χ0n) is 19.7. The van der Waals surface area contributed by atoms with E-state index in [1.54, 1.807) is 6.20 Å². The second kappa shape index (κ2) is 8.98. The molecule has 0 aliphatic carbocycles. The number of hydrogen-bond acceptors (Lipinski definition) is 7. The first-order chi connectivity index (χ1) is 16.4. The molecule has 9 heteroatoms. The van der Waals surface area contributed by atoms with Gasteiger partial charge >= 0.3 is 0 Å². The highest BCUT2D eigenvalue weighted by Crippen LogP contribution is 2.35. The number of aromatic nitrogens is 3. The number of nitrogens with one attached hydrogen (secondary N) is 2. The molecule has 34 heavy (non-hydrogen) atoms. The molecular weight excluding hydrogens is 432 g/mol. The molecule has 1 fully saturated rings. The fourth-order valence-corrected chi connectivity index (χ4v) is 4.73. The molecule has 4 heterocycles. The molecule has 0 bridgehead atoms.